The zero-order valence-corrected chi connectivity index (χ0v) is 18.0. The van der Waals surface area contributed by atoms with Gasteiger partial charge < -0.3 is 5.32 Å². The predicted octanol–water partition coefficient (Wildman–Crippen LogP) is 4.25. The van der Waals surface area contributed by atoms with Crippen molar-refractivity contribution in [2.24, 2.45) is 0 Å². The van der Waals surface area contributed by atoms with Gasteiger partial charge in [-0.1, -0.05) is 79.9 Å². The number of carbonyl (C=O) groups is 1. The molecule has 4 rings (SSSR count). The Morgan fingerprint density at radius 1 is 0.806 bits per heavy atom. The van der Waals surface area contributed by atoms with Crippen LogP contribution >= 0.6 is 12.2 Å². The number of hydrogen-bond acceptors (Lipinski definition) is 4. The summed E-state index contributed by atoms with van der Waals surface area (Å²) in [5.74, 6) is -0.365. The highest BCUT2D eigenvalue weighted by atomic mass is 32.1. The molecule has 6 nitrogen and oxygen atoms in total. The van der Waals surface area contributed by atoms with Crippen LogP contribution in [0.4, 0.5) is 0 Å². The van der Waals surface area contributed by atoms with Gasteiger partial charge in [0.1, 0.15) is 0 Å². The molecule has 1 aromatic heterocycles. The second kappa shape index (κ2) is 10.1. The summed E-state index contributed by atoms with van der Waals surface area (Å²) in [5.41, 5.74) is 8.61. The highest BCUT2D eigenvalue weighted by molar-refractivity contribution is 7.80. The lowest BCUT2D eigenvalue weighted by Gasteiger charge is -2.24. The minimum atomic E-state index is -0.442. The molecule has 158 valence electrons. The Labute approximate surface area is 187 Å². The molecule has 1 aliphatic rings. The Bertz CT molecular complexity index is 979. The fourth-order valence-corrected chi connectivity index (χ4v) is 3.92. The molecule has 1 amide bonds. The van der Waals surface area contributed by atoms with Crippen LogP contribution in [0.1, 0.15) is 42.7 Å². The second-order valence-corrected chi connectivity index (χ2v) is 7.99. The molecule has 0 saturated heterocycles. The van der Waals surface area contributed by atoms with Crippen molar-refractivity contribution in [3.63, 3.8) is 0 Å². The van der Waals surface area contributed by atoms with Gasteiger partial charge in [0, 0.05) is 17.2 Å². The first-order valence-electron chi connectivity index (χ1n) is 10.6. The molecule has 1 aliphatic carbocycles. The number of nitrogens with zero attached hydrogens (tertiary/aromatic N) is 2. The number of nitrogens with one attached hydrogen (secondary N) is 3. The molecule has 2 aromatic carbocycles. The molecule has 0 radical (unpaired) electrons. The molecule has 0 aliphatic heterocycles. The van der Waals surface area contributed by atoms with Gasteiger partial charge in [-0.05, 0) is 31.1 Å². The van der Waals surface area contributed by atoms with Gasteiger partial charge in [0.25, 0.3) is 0 Å². The van der Waals surface area contributed by atoms with Gasteiger partial charge in [-0.3, -0.25) is 15.6 Å². The minimum Gasteiger partial charge on any atom is -0.359 e. The van der Waals surface area contributed by atoms with E-state index in [9.17, 15) is 4.79 Å². The van der Waals surface area contributed by atoms with Gasteiger partial charge in [-0.15, -0.1) is 0 Å². The molecule has 31 heavy (non-hydrogen) atoms. The maximum Gasteiger partial charge on any atom is 0.307 e. The summed E-state index contributed by atoms with van der Waals surface area (Å²) in [6.07, 6.45) is 5.87. The van der Waals surface area contributed by atoms with E-state index in [1.54, 1.807) is 0 Å². The SMILES string of the molecule is O=C(NNC(=S)NC1CCCCC1)c1nc(-c2ccccc2)cc(-c2ccccc2)n1. The molecule has 1 heterocycles. The first-order valence-corrected chi connectivity index (χ1v) is 11.0. The molecule has 0 spiro atoms. The number of hydrogen-bond donors (Lipinski definition) is 3. The highest BCUT2D eigenvalue weighted by Gasteiger charge is 2.17. The van der Waals surface area contributed by atoms with Crippen molar-refractivity contribution in [3.05, 3.63) is 72.6 Å². The monoisotopic (exact) mass is 431 g/mol. The zero-order chi connectivity index (χ0) is 21.5. The van der Waals surface area contributed by atoms with E-state index >= 15 is 0 Å². The maximum absolute atomic E-state index is 12.8. The van der Waals surface area contributed by atoms with E-state index in [1.807, 2.05) is 66.7 Å². The third kappa shape index (κ3) is 5.64. The van der Waals surface area contributed by atoms with Crippen molar-refractivity contribution in [1.29, 1.82) is 0 Å². The summed E-state index contributed by atoms with van der Waals surface area (Å²) in [6.45, 7) is 0. The lowest BCUT2D eigenvalue weighted by molar-refractivity contribution is 0.0933. The molecule has 3 N–H and O–H groups in total. The second-order valence-electron chi connectivity index (χ2n) is 7.58. The fourth-order valence-electron chi connectivity index (χ4n) is 3.70. The minimum absolute atomic E-state index is 0.0770. The standard InChI is InChI=1S/C24H25N5OS/c30-23(28-29-24(31)25-19-14-8-3-9-15-19)22-26-20(17-10-4-1-5-11-17)16-21(27-22)18-12-6-2-7-13-18/h1-2,4-7,10-13,16,19H,3,8-9,14-15H2,(H,28,30)(H2,25,29,31). The Kier molecular flexibility index (Phi) is 6.84. The average molecular weight is 432 g/mol. The summed E-state index contributed by atoms with van der Waals surface area (Å²) in [6, 6.07) is 21.7. The van der Waals surface area contributed by atoms with Crippen LogP contribution in [0.15, 0.2) is 66.7 Å². The number of aromatic nitrogens is 2. The Morgan fingerprint density at radius 2 is 1.35 bits per heavy atom. The number of rotatable bonds is 4. The smallest absolute Gasteiger partial charge is 0.307 e. The van der Waals surface area contributed by atoms with E-state index in [-0.39, 0.29) is 5.82 Å². The van der Waals surface area contributed by atoms with E-state index in [2.05, 4.69) is 26.1 Å². The van der Waals surface area contributed by atoms with Crippen molar-refractivity contribution in [1.82, 2.24) is 26.1 Å². The number of thiocarbonyl (C=S) groups is 1. The molecule has 1 saturated carbocycles. The fraction of sp³-hybridized carbons (Fsp3) is 0.250. The summed E-state index contributed by atoms with van der Waals surface area (Å²) in [5, 5.41) is 3.67. The third-order valence-corrected chi connectivity index (χ3v) is 5.52. The first-order chi connectivity index (χ1) is 15.2. The van der Waals surface area contributed by atoms with Crippen LogP contribution in [0.5, 0.6) is 0 Å². The van der Waals surface area contributed by atoms with Crippen LogP contribution in [0, 0.1) is 0 Å². The molecule has 1 fully saturated rings. The van der Waals surface area contributed by atoms with Crippen molar-refractivity contribution in [3.8, 4) is 22.5 Å². The molecule has 3 aromatic rings. The first kappa shape index (κ1) is 20.9. The van der Waals surface area contributed by atoms with Crippen molar-refractivity contribution in [2.45, 2.75) is 38.1 Å². The van der Waals surface area contributed by atoms with Crippen LogP contribution < -0.4 is 16.2 Å². The van der Waals surface area contributed by atoms with E-state index < -0.39 is 5.91 Å². The van der Waals surface area contributed by atoms with Crippen LogP contribution in [0.2, 0.25) is 0 Å². The normalized spacial score (nSPS) is 13.9. The van der Waals surface area contributed by atoms with Gasteiger partial charge in [0.2, 0.25) is 5.82 Å². The number of hydrazine groups is 1. The Morgan fingerprint density at radius 3 is 1.90 bits per heavy atom. The van der Waals surface area contributed by atoms with Crippen LogP contribution in [-0.2, 0) is 0 Å². The lowest BCUT2D eigenvalue weighted by Crippen LogP contribution is -2.50. The summed E-state index contributed by atoms with van der Waals surface area (Å²) in [7, 11) is 0. The van der Waals surface area contributed by atoms with Crippen molar-refractivity contribution in [2.75, 3.05) is 0 Å². The quantitative estimate of drug-likeness (QED) is 0.423. The number of carbonyl (C=O) groups excluding carboxylic acids is 1. The largest absolute Gasteiger partial charge is 0.359 e. The van der Waals surface area contributed by atoms with Crippen LogP contribution in [-0.4, -0.2) is 27.0 Å². The molecule has 7 heteroatoms. The topological polar surface area (TPSA) is 78.9 Å². The van der Waals surface area contributed by atoms with Crippen molar-refractivity contribution >= 4 is 23.2 Å². The summed E-state index contributed by atoms with van der Waals surface area (Å²) in [4.78, 5) is 21.8. The zero-order valence-electron chi connectivity index (χ0n) is 17.2. The van der Waals surface area contributed by atoms with E-state index in [1.165, 1.54) is 19.3 Å². The Hall–Kier alpha value is -3.32. The van der Waals surface area contributed by atoms with Crippen LogP contribution in [0.3, 0.4) is 0 Å². The van der Waals surface area contributed by atoms with E-state index in [4.69, 9.17) is 12.2 Å². The summed E-state index contributed by atoms with van der Waals surface area (Å²) < 4.78 is 0. The highest BCUT2D eigenvalue weighted by Crippen LogP contribution is 2.23. The average Bonchev–Trinajstić information content (AvgIpc) is 2.84. The van der Waals surface area contributed by atoms with Crippen molar-refractivity contribution < 1.29 is 4.79 Å². The Balaban J connectivity index is 1.52. The predicted molar refractivity (Wildman–Crippen MR) is 126 cm³/mol. The van der Waals surface area contributed by atoms with Gasteiger partial charge in [0.05, 0.1) is 11.4 Å². The van der Waals surface area contributed by atoms with Gasteiger partial charge >= 0.3 is 5.91 Å². The molecule has 0 atom stereocenters. The van der Waals surface area contributed by atoms with Crippen LogP contribution in [0.25, 0.3) is 22.5 Å². The van der Waals surface area contributed by atoms with E-state index in [0.717, 1.165) is 24.0 Å². The molecular formula is C24H25N5OS. The summed E-state index contributed by atoms with van der Waals surface area (Å²) >= 11 is 5.33. The number of amides is 1. The number of benzene rings is 2. The maximum atomic E-state index is 12.8. The molecule has 0 bridgehead atoms. The third-order valence-electron chi connectivity index (χ3n) is 5.30. The lowest BCUT2D eigenvalue weighted by atomic mass is 9.96. The van der Waals surface area contributed by atoms with Gasteiger partial charge in [0.15, 0.2) is 5.11 Å². The molecular weight excluding hydrogens is 406 g/mol. The molecule has 0 unspecified atom stereocenters. The van der Waals surface area contributed by atoms with Gasteiger partial charge in [-0.2, -0.15) is 0 Å². The van der Waals surface area contributed by atoms with E-state index in [0.29, 0.717) is 22.5 Å². The van der Waals surface area contributed by atoms with Gasteiger partial charge in [-0.25, -0.2) is 9.97 Å².